The van der Waals surface area contributed by atoms with Gasteiger partial charge in [-0.05, 0) is 35.7 Å². The summed E-state index contributed by atoms with van der Waals surface area (Å²) in [6.45, 7) is 3.93. The van der Waals surface area contributed by atoms with Crippen LogP contribution >= 0.6 is 23.2 Å². The third-order valence-corrected chi connectivity index (χ3v) is 4.12. The van der Waals surface area contributed by atoms with E-state index in [1.54, 1.807) is 31.3 Å². The molecule has 8 heteroatoms. The molecule has 0 bridgehead atoms. The molecule has 0 aliphatic rings. The number of carboxylic acid groups (broad SMARTS) is 1. The second kappa shape index (κ2) is 7.89. The fourth-order valence-corrected chi connectivity index (χ4v) is 2.95. The third-order valence-electron chi connectivity index (χ3n) is 3.69. The number of carbonyl (C=O) groups is 2. The summed E-state index contributed by atoms with van der Waals surface area (Å²) in [5.74, 6) is -1.48. The smallest absolute Gasteiger partial charge is 0.326 e. The molecule has 2 rings (SSSR count). The quantitative estimate of drug-likeness (QED) is 0.801. The summed E-state index contributed by atoms with van der Waals surface area (Å²) in [5, 5.41) is 17.0. The highest BCUT2D eigenvalue weighted by atomic mass is 35.5. The highest BCUT2D eigenvalue weighted by molar-refractivity contribution is 6.34. The Labute approximate surface area is 155 Å². The van der Waals surface area contributed by atoms with Crippen molar-refractivity contribution in [1.29, 1.82) is 0 Å². The molecule has 1 aromatic heterocycles. The van der Waals surface area contributed by atoms with Crippen LogP contribution in [-0.4, -0.2) is 32.8 Å². The molecule has 25 heavy (non-hydrogen) atoms. The molecule has 1 aromatic carbocycles. The van der Waals surface area contributed by atoms with Gasteiger partial charge in [0.1, 0.15) is 11.7 Å². The Balaban J connectivity index is 2.18. The third kappa shape index (κ3) is 4.96. The summed E-state index contributed by atoms with van der Waals surface area (Å²) in [7, 11) is 1.65. The van der Waals surface area contributed by atoms with Crippen LogP contribution in [0.2, 0.25) is 10.0 Å². The maximum Gasteiger partial charge on any atom is 0.326 e. The number of rotatable bonds is 6. The van der Waals surface area contributed by atoms with Crippen molar-refractivity contribution in [1.82, 2.24) is 15.1 Å². The van der Waals surface area contributed by atoms with Crippen LogP contribution < -0.4 is 5.32 Å². The van der Waals surface area contributed by atoms with Gasteiger partial charge in [-0.15, -0.1) is 0 Å². The highest BCUT2D eigenvalue weighted by Crippen LogP contribution is 2.20. The van der Waals surface area contributed by atoms with Gasteiger partial charge in [0.2, 0.25) is 0 Å². The first-order valence-corrected chi connectivity index (χ1v) is 8.45. The number of aromatic nitrogens is 2. The molecule has 2 N–H and O–H groups in total. The predicted octanol–water partition coefficient (Wildman–Crippen LogP) is 3.28. The van der Waals surface area contributed by atoms with Crippen LogP contribution in [0.15, 0.2) is 24.3 Å². The normalized spacial score (nSPS) is 12.2. The van der Waals surface area contributed by atoms with E-state index in [0.29, 0.717) is 21.3 Å². The van der Waals surface area contributed by atoms with Crippen LogP contribution in [0.25, 0.3) is 0 Å². The lowest BCUT2D eigenvalue weighted by Crippen LogP contribution is -2.42. The zero-order chi connectivity index (χ0) is 18.7. The second-order valence-corrected chi connectivity index (χ2v) is 6.95. The number of nitrogens with one attached hydrogen (secondary N) is 1. The van der Waals surface area contributed by atoms with Crippen LogP contribution in [0.1, 0.15) is 41.5 Å². The van der Waals surface area contributed by atoms with Crippen LogP contribution in [0.5, 0.6) is 0 Å². The fourth-order valence-electron chi connectivity index (χ4n) is 2.38. The lowest BCUT2D eigenvalue weighted by molar-refractivity contribution is -0.139. The summed E-state index contributed by atoms with van der Waals surface area (Å²) in [4.78, 5) is 24.0. The zero-order valence-corrected chi connectivity index (χ0v) is 15.6. The van der Waals surface area contributed by atoms with Crippen LogP contribution in [0, 0.1) is 0 Å². The minimum atomic E-state index is -1.14. The number of benzene rings is 1. The number of hydrogen-bond donors (Lipinski definition) is 2. The Morgan fingerprint density at radius 1 is 1.20 bits per heavy atom. The van der Waals surface area contributed by atoms with Crippen molar-refractivity contribution in [3.05, 3.63) is 51.3 Å². The maximum atomic E-state index is 12.5. The molecule has 0 spiro atoms. The van der Waals surface area contributed by atoms with Crippen LogP contribution in [0.4, 0.5) is 0 Å². The van der Waals surface area contributed by atoms with E-state index >= 15 is 0 Å². The molecular weight excluding hydrogens is 365 g/mol. The first-order valence-electron chi connectivity index (χ1n) is 7.70. The summed E-state index contributed by atoms with van der Waals surface area (Å²) in [6, 6.07) is 5.35. The van der Waals surface area contributed by atoms with E-state index in [9.17, 15) is 14.7 Å². The minimum Gasteiger partial charge on any atom is -0.480 e. The molecule has 0 fully saturated rings. The van der Waals surface area contributed by atoms with E-state index in [0.717, 1.165) is 5.69 Å². The van der Waals surface area contributed by atoms with Crippen molar-refractivity contribution in [3.63, 3.8) is 0 Å². The number of carbonyl (C=O) groups excluding carboxylic acids is 1. The van der Waals surface area contributed by atoms with E-state index in [-0.39, 0.29) is 12.3 Å². The van der Waals surface area contributed by atoms with E-state index in [2.05, 4.69) is 10.4 Å². The highest BCUT2D eigenvalue weighted by Gasteiger charge is 2.24. The van der Waals surface area contributed by atoms with E-state index in [1.165, 1.54) is 4.68 Å². The lowest BCUT2D eigenvalue weighted by Gasteiger charge is -2.15. The first-order chi connectivity index (χ1) is 11.7. The molecule has 1 amide bonds. The first kappa shape index (κ1) is 19.3. The predicted molar refractivity (Wildman–Crippen MR) is 96.4 cm³/mol. The number of hydrogen-bond acceptors (Lipinski definition) is 3. The summed E-state index contributed by atoms with van der Waals surface area (Å²) < 4.78 is 1.44. The molecule has 0 radical (unpaired) electrons. The summed E-state index contributed by atoms with van der Waals surface area (Å²) >= 11 is 11.9. The van der Waals surface area contributed by atoms with Crippen LogP contribution in [0.3, 0.4) is 0 Å². The molecule has 1 heterocycles. The van der Waals surface area contributed by atoms with Gasteiger partial charge in [-0.3, -0.25) is 9.48 Å². The molecule has 0 aliphatic heterocycles. The van der Waals surface area contributed by atoms with Gasteiger partial charge in [-0.25, -0.2) is 4.79 Å². The maximum absolute atomic E-state index is 12.5. The zero-order valence-electron chi connectivity index (χ0n) is 14.1. The van der Waals surface area contributed by atoms with Gasteiger partial charge >= 0.3 is 5.97 Å². The molecular formula is C17H19Cl2N3O3. The molecule has 1 unspecified atom stereocenters. The molecule has 2 aromatic rings. The number of aliphatic carboxylic acids is 1. The molecule has 0 aliphatic carbocycles. The standard InChI is InChI=1S/C17H19Cl2N3O3/c1-9(2)13-8-15(22(3)21-13)16(23)20-14(17(24)25)6-10-4-11(18)7-12(19)5-10/h4-5,7-9,14H,6H2,1-3H3,(H,20,23)(H,24,25). The van der Waals surface area contributed by atoms with Gasteiger partial charge in [0.25, 0.3) is 5.91 Å². The largest absolute Gasteiger partial charge is 0.480 e. The Bertz CT molecular complexity index is 782. The van der Waals surface area contributed by atoms with Gasteiger partial charge in [0.15, 0.2) is 0 Å². The molecule has 6 nitrogen and oxygen atoms in total. The molecule has 1 atom stereocenters. The van der Waals surface area contributed by atoms with Gasteiger partial charge in [-0.1, -0.05) is 37.0 Å². The number of nitrogens with zero attached hydrogens (tertiary/aromatic N) is 2. The van der Waals surface area contributed by atoms with Crippen molar-refractivity contribution in [2.45, 2.75) is 32.2 Å². The SMILES string of the molecule is CC(C)c1cc(C(=O)NC(Cc2cc(Cl)cc(Cl)c2)C(=O)O)n(C)n1. The topological polar surface area (TPSA) is 84.2 Å². The average Bonchev–Trinajstić information content (AvgIpc) is 2.87. The molecule has 0 saturated carbocycles. The monoisotopic (exact) mass is 383 g/mol. The van der Waals surface area contributed by atoms with Crippen molar-refractivity contribution in [2.24, 2.45) is 7.05 Å². The number of amides is 1. The van der Waals surface area contributed by atoms with E-state index in [1.807, 2.05) is 13.8 Å². The van der Waals surface area contributed by atoms with Gasteiger partial charge in [-0.2, -0.15) is 5.10 Å². The van der Waals surface area contributed by atoms with Gasteiger partial charge in [0, 0.05) is 23.5 Å². The van der Waals surface area contributed by atoms with E-state index in [4.69, 9.17) is 23.2 Å². The summed E-state index contributed by atoms with van der Waals surface area (Å²) in [6.07, 6.45) is 0.0657. The number of halogens is 2. The van der Waals surface area contributed by atoms with Crippen molar-refractivity contribution in [3.8, 4) is 0 Å². The summed E-state index contributed by atoms with van der Waals surface area (Å²) in [5.41, 5.74) is 1.69. The fraction of sp³-hybridized carbons (Fsp3) is 0.353. The van der Waals surface area contributed by atoms with Crippen LogP contribution in [-0.2, 0) is 18.3 Å². The van der Waals surface area contributed by atoms with Crippen molar-refractivity contribution < 1.29 is 14.7 Å². The Hall–Kier alpha value is -2.05. The van der Waals surface area contributed by atoms with Gasteiger partial charge in [0.05, 0.1) is 5.69 Å². The second-order valence-electron chi connectivity index (χ2n) is 6.08. The van der Waals surface area contributed by atoms with Crippen molar-refractivity contribution in [2.75, 3.05) is 0 Å². The van der Waals surface area contributed by atoms with Crippen molar-refractivity contribution >= 4 is 35.1 Å². The molecule has 0 saturated heterocycles. The lowest BCUT2D eigenvalue weighted by atomic mass is 10.1. The van der Waals surface area contributed by atoms with Gasteiger partial charge < -0.3 is 10.4 Å². The van der Waals surface area contributed by atoms with E-state index < -0.39 is 17.9 Å². The minimum absolute atomic E-state index is 0.0657. The Morgan fingerprint density at radius 2 is 1.80 bits per heavy atom. The Kier molecular flexibility index (Phi) is 6.08. The number of aryl methyl sites for hydroxylation is 1. The number of carboxylic acids is 1. The molecule has 134 valence electrons. The average molecular weight is 384 g/mol. The Morgan fingerprint density at radius 3 is 2.28 bits per heavy atom.